The highest BCUT2D eigenvalue weighted by atomic mass is 19.3. The molecule has 0 aliphatic heterocycles. The number of alkyl halides is 2. The molecule has 1 aliphatic rings. The van der Waals surface area contributed by atoms with Crippen molar-refractivity contribution in [3.8, 4) is 5.75 Å². The first-order chi connectivity index (χ1) is 11.4. The fourth-order valence-corrected chi connectivity index (χ4v) is 2.35. The topological polar surface area (TPSA) is 44.8 Å². The molecule has 0 spiro atoms. The number of halogens is 2. The predicted octanol–water partition coefficient (Wildman–Crippen LogP) is 4.35. The summed E-state index contributed by atoms with van der Waals surface area (Å²) < 4.78 is 37.4. The maximum atomic E-state index is 11.7. The summed E-state index contributed by atoms with van der Waals surface area (Å²) in [6.07, 6.45) is 3.46. The summed E-state index contributed by atoms with van der Waals surface area (Å²) in [7, 11) is 1.33. The third kappa shape index (κ3) is 8.82. The fraction of sp³-hybridized carbons (Fsp3) is 0.611. The van der Waals surface area contributed by atoms with Crippen LogP contribution in [-0.4, -0.2) is 32.4 Å². The number of hydrogen-bond donors (Lipinski definition) is 0. The number of carbonyl (C=O) groups excluding carboxylic acids is 1. The van der Waals surface area contributed by atoms with E-state index in [4.69, 9.17) is 4.74 Å². The minimum Gasteiger partial charge on any atom is -0.482 e. The lowest BCUT2D eigenvalue weighted by molar-refractivity contribution is -0.171. The maximum absolute atomic E-state index is 11.7. The number of rotatable bonds is 5. The van der Waals surface area contributed by atoms with E-state index < -0.39 is 6.61 Å². The van der Waals surface area contributed by atoms with Gasteiger partial charge < -0.3 is 14.2 Å². The fourth-order valence-electron chi connectivity index (χ4n) is 2.35. The zero-order chi connectivity index (χ0) is 17.9. The Balaban J connectivity index is 0.000000243. The molecule has 0 saturated heterocycles. The molecule has 1 fully saturated rings. The highest BCUT2D eigenvalue weighted by Gasteiger charge is 2.21. The maximum Gasteiger partial charge on any atom is 0.345 e. The lowest BCUT2D eigenvalue weighted by Crippen LogP contribution is -2.22. The molecule has 0 unspecified atom stereocenters. The second kappa shape index (κ2) is 11.0. The van der Waals surface area contributed by atoms with Gasteiger partial charge in [-0.3, -0.25) is 0 Å². The van der Waals surface area contributed by atoms with Crippen molar-refractivity contribution in [2.45, 2.75) is 52.2 Å². The van der Waals surface area contributed by atoms with E-state index in [1.807, 2.05) is 31.2 Å². The molecule has 24 heavy (non-hydrogen) atoms. The van der Waals surface area contributed by atoms with Crippen molar-refractivity contribution in [3.63, 3.8) is 0 Å². The van der Waals surface area contributed by atoms with E-state index in [9.17, 15) is 13.6 Å². The van der Waals surface area contributed by atoms with Crippen molar-refractivity contribution < 1.29 is 27.8 Å². The van der Waals surface area contributed by atoms with Crippen molar-refractivity contribution in [3.05, 3.63) is 29.8 Å². The number of methoxy groups -OCH3 is 1. The minimum atomic E-state index is -2.59. The lowest BCUT2D eigenvalue weighted by atomic mass is 9.89. The molecule has 1 saturated carbocycles. The monoisotopic (exact) mass is 344 g/mol. The molecule has 6 heteroatoms. The van der Waals surface area contributed by atoms with Gasteiger partial charge in [0.2, 0.25) is 0 Å². The van der Waals surface area contributed by atoms with Crippen LogP contribution in [0.3, 0.4) is 0 Å². The van der Waals surface area contributed by atoms with Gasteiger partial charge in [0, 0.05) is 0 Å². The molecule has 0 atom stereocenters. The Hall–Kier alpha value is -1.69. The van der Waals surface area contributed by atoms with Crippen molar-refractivity contribution >= 4 is 5.97 Å². The Morgan fingerprint density at radius 2 is 1.75 bits per heavy atom. The first-order valence-corrected chi connectivity index (χ1v) is 8.10. The van der Waals surface area contributed by atoms with Crippen LogP contribution in [0.1, 0.15) is 38.2 Å². The molecule has 1 aromatic carbocycles. The Kier molecular flexibility index (Phi) is 9.30. The van der Waals surface area contributed by atoms with Crippen LogP contribution >= 0.6 is 0 Å². The number of carbonyl (C=O) groups is 1. The SMILES string of the molecule is CC1CCC(OC(F)F)CC1.COC(=O)COc1ccc(C)cc1. The van der Waals surface area contributed by atoms with Gasteiger partial charge in [0.15, 0.2) is 6.61 Å². The first kappa shape index (κ1) is 20.4. The van der Waals surface area contributed by atoms with E-state index in [1.165, 1.54) is 7.11 Å². The molecule has 2 rings (SSSR count). The van der Waals surface area contributed by atoms with Crippen LogP contribution < -0.4 is 4.74 Å². The van der Waals surface area contributed by atoms with Crippen molar-refractivity contribution in [2.24, 2.45) is 5.92 Å². The summed E-state index contributed by atoms with van der Waals surface area (Å²) in [6, 6.07) is 7.48. The number of benzene rings is 1. The molecule has 136 valence electrons. The second-order valence-corrected chi connectivity index (χ2v) is 5.96. The van der Waals surface area contributed by atoms with Crippen molar-refractivity contribution in [1.29, 1.82) is 0 Å². The normalized spacial score (nSPS) is 20.1. The highest BCUT2D eigenvalue weighted by Crippen LogP contribution is 2.26. The molecule has 1 aliphatic carbocycles. The van der Waals surface area contributed by atoms with Gasteiger partial charge in [0.05, 0.1) is 13.2 Å². The van der Waals surface area contributed by atoms with E-state index in [0.717, 1.165) is 31.2 Å². The number of esters is 1. The van der Waals surface area contributed by atoms with Crippen LogP contribution in [0.5, 0.6) is 5.75 Å². The van der Waals surface area contributed by atoms with E-state index in [1.54, 1.807) is 0 Å². The van der Waals surface area contributed by atoms with E-state index in [0.29, 0.717) is 11.7 Å². The van der Waals surface area contributed by atoms with Crippen LogP contribution in [0.25, 0.3) is 0 Å². The van der Waals surface area contributed by atoms with Gasteiger partial charge in [-0.05, 0) is 50.7 Å². The first-order valence-electron chi connectivity index (χ1n) is 8.10. The molecule has 0 N–H and O–H groups in total. The van der Waals surface area contributed by atoms with Crippen LogP contribution in [0, 0.1) is 12.8 Å². The average Bonchev–Trinajstić information content (AvgIpc) is 2.56. The second-order valence-electron chi connectivity index (χ2n) is 5.96. The summed E-state index contributed by atoms with van der Waals surface area (Å²) in [5.41, 5.74) is 1.16. The Morgan fingerprint density at radius 3 is 2.25 bits per heavy atom. The third-order valence-corrected chi connectivity index (χ3v) is 3.86. The third-order valence-electron chi connectivity index (χ3n) is 3.86. The van der Waals surface area contributed by atoms with Crippen LogP contribution in [0.15, 0.2) is 24.3 Å². The van der Waals surface area contributed by atoms with Crippen molar-refractivity contribution in [2.75, 3.05) is 13.7 Å². The molecule has 0 amide bonds. The Bertz CT molecular complexity index is 468. The standard InChI is InChI=1S/C10H12O3.C8H14F2O/c1-8-3-5-9(6-4-8)13-7-10(11)12-2;1-6-2-4-7(5-3-6)11-8(9)10/h3-6H,7H2,1-2H3;6-8H,2-5H2,1H3. The van der Waals surface area contributed by atoms with E-state index in [2.05, 4.69) is 16.4 Å². The molecule has 1 aromatic rings. The molecular formula is C18H26F2O4. The number of aryl methyl sites for hydroxylation is 1. The van der Waals surface area contributed by atoms with Gasteiger partial charge in [0.25, 0.3) is 0 Å². The van der Waals surface area contributed by atoms with E-state index >= 15 is 0 Å². The zero-order valence-electron chi connectivity index (χ0n) is 14.5. The predicted molar refractivity (Wildman–Crippen MR) is 87.2 cm³/mol. The van der Waals surface area contributed by atoms with Gasteiger partial charge in [-0.15, -0.1) is 0 Å². The van der Waals surface area contributed by atoms with Crippen LogP contribution in [0.4, 0.5) is 8.78 Å². The molecule has 0 heterocycles. The highest BCUT2D eigenvalue weighted by molar-refractivity contribution is 5.70. The quantitative estimate of drug-likeness (QED) is 0.745. The largest absolute Gasteiger partial charge is 0.482 e. The Morgan fingerprint density at radius 1 is 1.17 bits per heavy atom. The van der Waals surface area contributed by atoms with Gasteiger partial charge in [-0.1, -0.05) is 24.6 Å². The molecule has 0 aromatic heterocycles. The molecular weight excluding hydrogens is 318 g/mol. The molecule has 4 nitrogen and oxygen atoms in total. The summed E-state index contributed by atoms with van der Waals surface area (Å²) in [5, 5.41) is 0. The average molecular weight is 344 g/mol. The van der Waals surface area contributed by atoms with Crippen LogP contribution in [0.2, 0.25) is 0 Å². The number of hydrogen-bond acceptors (Lipinski definition) is 4. The number of ether oxygens (including phenoxy) is 3. The molecule has 0 radical (unpaired) electrons. The van der Waals surface area contributed by atoms with Gasteiger partial charge in [-0.2, -0.15) is 8.78 Å². The summed E-state index contributed by atoms with van der Waals surface area (Å²) in [4.78, 5) is 10.7. The smallest absolute Gasteiger partial charge is 0.345 e. The van der Waals surface area contributed by atoms with Gasteiger partial charge >= 0.3 is 12.6 Å². The van der Waals surface area contributed by atoms with Crippen molar-refractivity contribution in [1.82, 2.24) is 0 Å². The lowest BCUT2D eigenvalue weighted by Gasteiger charge is -2.25. The summed E-state index contributed by atoms with van der Waals surface area (Å²) >= 11 is 0. The zero-order valence-corrected chi connectivity index (χ0v) is 14.5. The van der Waals surface area contributed by atoms with Gasteiger partial charge in [0.1, 0.15) is 5.75 Å². The minimum absolute atomic E-state index is 0.0421. The summed E-state index contributed by atoms with van der Waals surface area (Å²) in [6.45, 7) is 1.51. The van der Waals surface area contributed by atoms with Crippen LogP contribution in [-0.2, 0) is 14.3 Å². The van der Waals surface area contributed by atoms with Gasteiger partial charge in [-0.25, -0.2) is 4.79 Å². The Labute approximate surface area is 142 Å². The molecule has 0 bridgehead atoms. The summed E-state index contributed by atoms with van der Waals surface area (Å²) in [5.74, 6) is 0.990. The van der Waals surface area contributed by atoms with E-state index in [-0.39, 0.29) is 18.7 Å².